The number of aromatic nitrogens is 3. The fourth-order valence-corrected chi connectivity index (χ4v) is 3.59. The third kappa shape index (κ3) is 4.01. The highest BCUT2D eigenvalue weighted by Gasteiger charge is 2.33. The molecule has 3 amide bonds. The van der Waals surface area contributed by atoms with Crippen molar-refractivity contribution in [2.24, 2.45) is 0 Å². The molecule has 154 valence electrons. The standard InChI is InChI=1S/C19H24FN7O2/c1-2-21-19(29)26-11-16(12-26)27-13-17(22-23-27)18(28)25-9-7-24(8-10-25)15-5-3-14(20)4-6-15/h3-6,13,16H,2,7-12H2,1H3,(H,21,29). The Bertz CT molecular complexity index is 871. The minimum Gasteiger partial charge on any atom is -0.368 e. The third-order valence-corrected chi connectivity index (χ3v) is 5.34. The van der Waals surface area contributed by atoms with Crippen LogP contribution in [0.25, 0.3) is 0 Å². The zero-order chi connectivity index (χ0) is 20.4. The molecular weight excluding hydrogens is 377 g/mol. The van der Waals surface area contributed by atoms with Crippen molar-refractivity contribution in [1.29, 1.82) is 0 Å². The number of likely N-dealkylation sites (tertiary alicyclic amines) is 1. The van der Waals surface area contributed by atoms with Crippen molar-refractivity contribution in [3.8, 4) is 0 Å². The number of nitrogens with one attached hydrogen (secondary N) is 1. The zero-order valence-corrected chi connectivity index (χ0v) is 16.3. The number of rotatable bonds is 4. The fraction of sp³-hybridized carbons (Fsp3) is 0.474. The number of amides is 3. The van der Waals surface area contributed by atoms with Crippen molar-refractivity contribution in [3.63, 3.8) is 0 Å². The Labute approximate surface area is 168 Å². The molecule has 0 aliphatic carbocycles. The van der Waals surface area contributed by atoms with E-state index in [2.05, 4.69) is 20.5 Å². The molecule has 0 spiro atoms. The first-order chi connectivity index (χ1) is 14.0. The normalized spacial score (nSPS) is 17.2. The van der Waals surface area contributed by atoms with Gasteiger partial charge >= 0.3 is 6.03 Å². The van der Waals surface area contributed by atoms with Crippen LogP contribution >= 0.6 is 0 Å². The maximum Gasteiger partial charge on any atom is 0.317 e. The lowest BCUT2D eigenvalue weighted by molar-refractivity contribution is 0.0740. The van der Waals surface area contributed by atoms with Crippen LogP contribution in [-0.2, 0) is 0 Å². The monoisotopic (exact) mass is 401 g/mol. The number of nitrogens with zero attached hydrogens (tertiary/aromatic N) is 6. The van der Waals surface area contributed by atoms with Crippen molar-refractivity contribution in [1.82, 2.24) is 30.1 Å². The average Bonchev–Trinajstić information content (AvgIpc) is 3.17. The number of urea groups is 1. The third-order valence-electron chi connectivity index (χ3n) is 5.34. The van der Waals surface area contributed by atoms with Gasteiger partial charge in [-0.05, 0) is 31.2 Å². The maximum absolute atomic E-state index is 13.1. The van der Waals surface area contributed by atoms with Gasteiger partial charge < -0.3 is 20.0 Å². The Hall–Kier alpha value is -3.17. The average molecular weight is 401 g/mol. The van der Waals surface area contributed by atoms with Gasteiger partial charge in [0.25, 0.3) is 5.91 Å². The van der Waals surface area contributed by atoms with Crippen molar-refractivity contribution >= 4 is 17.6 Å². The van der Waals surface area contributed by atoms with E-state index in [1.165, 1.54) is 12.1 Å². The molecule has 10 heteroatoms. The topological polar surface area (TPSA) is 86.6 Å². The number of carbonyl (C=O) groups excluding carboxylic acids is 2. The molecule has 4 rings (SSSR count). The molecule has 2 aromatic rings. The van der Waals surface area contributed by atoms with Gasteiger partial charge in [-0.25, -0.2) is 13.9 Å². The van der Waals surface area contributed by atoms with Crippen molar-refractivity contribution in [2.45, 2.75) is 13.0 Å². The molecule has 1 aromatic heterocycles. The van der Waals surface area contributed by atoms with E-state index < -0.39 is 0 Å². The van der Waals surface area contributed by atoms with Crippen molar-refractivity contribution in [3.05, 3.63) is 42.0 Å². The first-order valence-corrected chi connectivity index (χ1v) is 9.79. The van der Waals surface area contributed by atoms with Crippen LogP contribution in [0.15, 0.2) is 30.5 Å². The second-order valence-electron chi connectivity index (χ2n) is 7.23. The maximum atomic E-state index is 13.1. The number of hydrogen-bond donors (Lipinski definition) is 1. The van der Waals surface area contributed by atoms with Crippen LogP contribution in [0.4, 0.5) is 14.9 Å². The Morgan fingerprint density at radius 1 is 1.10 bits per heavy atom. The molecule has 9 nitrogen and oxygen atoms in total. The number of benzene rings is 1. The molecule has 0 unspecified atom stereocenters. The minimum absolute atomic E-state index is 0.0435. The highest BCUT2D eigenvalue weighted by atomic mass is 19.1. The predicted octanol–water partition coefficient (Wildman–Crippen LogP) is 0.966. The summed E-state index contributed by atoms with van der Waals surface area (Å²) in [4.78, 5) is 30.1. The number of anilines is 1. The summed E-state index contributed by atoms with van der Waals surface area (Å²) in [5, 5.41) is 10.9. The molecule has 29 heavy (non-hydrogen) atoms. The first-order valence-electron chi connectivity index (χ1n) is 9.79. The highest BCUT2D eigenvalue weighted by molar-refractivity contribution is 5.92. The zero-order valence-electron chi connectivity index (χ0n) is 16.3. The smallest absolute Gasteiger partial charge is 0.317 e. The van der Waals surface area contributed by atoms with Gasteiger partial charge in [-0.2, -0.15) is 0 Å². The van der Waals surface area contributed by atoms with E-state index in [0.29, 0.717) is 51.5 Å². The van der Waals surface area contributed by atoms with Crippen LogP contribution in [0.1, 0.15) is 23.5 Å². The van der Waals surface area contributed by atoms with Gasteiger partial charge in [0.05, 0.1) is 12.2 Å². The van der Waals surface area contributed by atoms with Gasteiger partial charge in [0.1, 0.15) is 5.82 Å². The SMILES string of the molecule is CCNC(=O)N1CC(n2cc(C(=O)N3CCN(c4ccc(F)cc4)CC3)nn2)C1. The molecule has 3 heterocycles. The molecule has 1 aromatic carbocycles. The molecule has 0 saturated carbocycles. The van der Waals surface area contributed by atoms with Crippen LogP contribution in [0.5, 0.6) is 0 Å². The van der Waals surface area contributed by atoms with E-state index in [1.807, 2.05) is 6.92 Å². The minimum atomic E-state index is -0.258. The van der Waals surface area contributed by atoms with E-state index in [9.17, 15) is 14.0 Å². The summed E-state index contributed by atoms with van der Waals surface area (Å²) in [6.07, 6.45) is 1.66. The van der Waals surface area contributed by atoms with Gasteiger partial charge in [0.15, 0.2) is 5.69 Å². The van der Waals surface area contributed by atoms with Crippen LogP contribution in [-0.4, -0.2) is 82.5 Å². The van der Waals surface area contributed by atoms with Crippen LogP contribution < -0.4 is 10.2 Å². The van der Waals surface area contributed by atoms with E-state index in [-0.39, 0.29) is 23.8 Å². The summed E-state index contributed by atoms with van der Waals surface area (Å²) in [5.41, 5.74) is 1.27. The fourth-order valence-electron chi connectivity index (χ4n) is 3.59. The molecule has 0 radical (unpaired) electrons. The van der Waals surface area contributed by atoms with Gasteiger partial charge in [0, 0.05) is 51.5 Å². The Kier molecular flexibility index (Phi) is 5.32. The Balaban J connectivity index is 1.30. The van der Waals surface area contributed by atoms with Gasteiger partial charge in [-0.1, -0.05) is 5.21 Å². The number of halogens is 1. The number of piperazine rings is 1. The summed E-state index contributed by atoms with van der Waals surface area (Å²) in [6.45, 7) is 6.07. The van der Waals surface area contributed by atoms with E-state index in [4.69, 9.17) is 0 Å². The summed E-state index contributed by atoms with van der Waals surface area (Å²) in [6, 6.07) is 6.35. The van der Waals surface area contributed by atoms with Crippen LogP contribution in [0.3, 0.4) is 0 Å². The Morgan fingerprint density at radius 2 is 1.79 bits per heavy atom. The lowest BCUT2D eigenvalue weighted by atomic mass is 10.1. The largest absolute Gasteiger partial charge is 0.368 e. The molecule has 0 atom stereocenters. The van der Waals surface area contributed by atoms with Crippen LogP contribution in [0.2, 0.25) is 0 Å². The molecule has 2 aliphatic rings. The summed E-state index contributed by atoms with van der Waals surface area (Å²) >= 11 is 0. The lowest BCUT2D eigenvalue weighted by Gasteiger charge is -2.38. The van der Waals surface area contributed by atoms with Gasteiger partial charge in [0.2, 0.25) is 0 Å². The van der Waals surface area contributed by atoms with Crippen molar-refractivity contribution < 1.29 is 14.0 Å². The lowest BCUT2D eigenvalue weighted by Crippen LogP contribution is -2.54. The number of hydrogen-bond acceptors (Lipinski definition) is 5. The van der Waals surface area contributed by atoms with Crippen LogP contribution in [0, 0.1) is 5.82 Å². The number of carbonyl (C=O) groups is 2. The molecule has 2 aliphatic heterocycles. The van der Waals surface area contributed by atoms with E-state index in [1.54, 1.807) is 32.8 Å². The first kappa shape index (κ1) is 19.2. The highest BCUT2D eigenvalue weighted by Crippen LogP contribution is 2.21. The molecule has 1 N–H and O–H groups in total. The second kappa shape index (κ2) is 8.06. The van der Waals surface area contributed by atoms with E-state index in [0.717, 1.165) is 5.69 Å². The summed E-state index contributed by atoms with van der Waals surface area (Å²) in [5.74, 6) is -0.402. The molecule has 0 bridgehead atoms. The van der Waals surface area contributed by atoms with Gasteiger partial charge in [-0.3, -0.25) is 4.79 Å². The quantitative estimate of drug-likeness (QED) is 0.825. The second-order valence-corrected chi connectivity index (χ2v) is 7.23. The summed E-state index contributed by atoms with van der Waals surface area (Å²) in [7, 11) is 0. The summed E-state index contributed by atoms with van der Waals surface area (Å²) < 4.78 is 14.7. The van der Waals surface area contributed by atoms with E-state index >= 15 is 0 Å². The predicted molar refractivity (Wildman–Crippen MR) is 104 cm³/mol. The Morgan fingerprint density at radius 3 is 2.45 bits per heavy atom. The van der Waals surface area contributed by atoms with Crippen molar-refractivity contribution in [2.75, 3.05) is 50.7 Å². The molecular formula is C19H24FN7O2. The molecule has 2 saturated heterocycles. The van der Waals surface area contributed by atoms with Gasteiger partial charge in [-0.15, -0.1) is 5.10 Å². The molecule has 2 fully saturated rings.